The Hall–Kier alpha value is -1.52. The van der Waals surface area contributed by atoms with Gasteiger partial charge in [-0.15, -0.1) is 11.3 Å². The summed E-state index contributed by atoms with van der Waals surface area (Å²) in [6.45, 7) is 0. The maximum atomic E-state index is 12.2. The van der Waals surface area contributed by atoms with Gasteiger partial charge in [-0.05, 0) is 29.6 Å². The van der Waals surface area contributed by atoms with Crippen LogP contribution >= 0.6 is 22.9 Å². The molecule has 2 N–H and O–H groups in total. The molecular weight excluding hydrogens is 258 g/mol. The lowest BCUT2D eigenvalue weighted by Gasteiger charge is -2.06. The minimum absolute atomic E-state index is 0.179. The molecule has 1 aromatic heterocycles. The normalized spacial score (nSPS) is 10.2. The van der Waals surface area contributed by atoms with Crippen LogP contribution in [0.5, 0.6) is 5.75 Å². The first-order valence-electron chi connectivity index (χ1n) is 4.84. The number of nitrogens with two attached hydrogens (primary N) is 1. The van der Waals surface area contributed by atoms with Crippen LogP contribution in [-0.2, 0) is 0 Å². The molecule has 2 aromatic rings. The quantitative estimate of drug-likeness (QED) is 0.686. The molecule has 88 valence electrons. The van der Waals surface area contributed by atoms with Crippen molar-refractivity contribution in [3.05, 3.63) is 45.1 Å². The summed E-state index contributed by atoms with van der Waals surface area (Å²) in [4.78, 5) is 12.7. The summed E-state index contributed by atoms with van der Waals surface area (Å²) in [5, 5.41) is 2.22. The fourth-order valence-electron chi connectivity index (χ4n) is 1.44. The van der Waals surface area contributed by atoms with E-state index in [9.17, 15) is 4.79 Å². The first-order valence-corrected chi connectivity index (χ1v) is 6.10. The van der Waals surface area contributed by atoms with E-state index in [0.717, 1.165) is 0 Å². The second kappa shape index (κ2) is 4.77. The molecule has 0 radical (unpaired) electrons. The van der Waals surface area contributed by atoms with Gasteiger partial charge in [0.15, 0.2) is 0 Å². The van der Waals surface area contributed by atoms with Gasteiger partial charge in [-0.1, -0.05) is 11.6 Å². The molecule has 5 heteroatoms. The molecule has 0 bridgehead atoms. The Kier molecular flexibility index (Phi) is 3.36. The molecule has 0 aliphatic heterocycles. The fourth-order valence-corrected chi connectivity index (χ4v) is 2.53. The third kappa shape index (κ3) is 2.28. The van der Waals surface area contributed by atoms with Gasteiger partial charge in [-0.2, -0.15) is 0 Å². The number of halogens is 1. The van der Waals surface area contributed by atoms with Crippen LogP contribution < -0.4 is 10.5 Å². The number of nitrogen functional groups attached to an aromatic ring is 1. The van der Waals surface area contributed by atoms with Crippen LogP contribution in [0.25, 0.3) is 0 Å². The van der Waals surface area contributed by atoms with Crippen molar-refractivity contribution in [3.63, 3.8) is 0 Å². The second-order valence-electron chi connectivity index (χ2n) is 3.38. The number of anilines is 1. The van der Waals surface area contributed by atoms with E-state index < -0.39 is 0 Å². The summed E-state index contributed by atoms with van der Waals surface area (Å²) in [5.74, 6) is 0.414. The summed E-state index contributed by atoms with van der Waals surface area (Å²) in [7, 11) is 1.54. The van der Waals surface area contributed by atoms with Crippen molar-refractivity contribution in [1.82, 2.24) is 0 Å². The molecule has 1 heterocycles. The average Bonchev–Trinajstić information content (AvgIpc) is 2.75. The van der Waals surface area contributed by atoms with Crippen LogP contribution in [0.4, 0.5) is 5.69 Å². The van der Waals surface area contributed by atoms with Gasteiger partial charge < -0.3 is 10.5 Å². The first kappa shape index (κ1) is 12.0. The first-order chi connectivity index (χ1) is 8.13. The highest BCUT2D eigenvalue weighted by Gasteiger charge is 2.17. The van der Waals surface area contributed by atoms with Gasteiger partial charge in [0.1, 0.15) is 5.75 Å². The minimum Gasteiger partial charge on any atom is -0.497 e. The molecule has 1 aromatic carbocycles. The highest BCUT2D eigenvalue weighted by molar-refractivity contribution is 7.13. The Morgan fingerprint density at radius 1 is 1.41 bits per heavy atom. The van der Waals surface area contributed by atoms with Crippen molar-refractivity contribution in [3.8, 4) is 5.75 Å². The van der Waals surface area contributed by atoms with Crippen LogP contribution in [0.15, 0.2) is 29.6 Å². The summed E-state index contributed by atoms with van der Waals surface area (Å²) in [6.07, 6.45) is 0. The van der Waals surface area contributed by atoms with E-state index in [0.29, 0.717) is 26.9 Å². The van der Waals surface area contributed by atoms with E-state index in [2.05, 4.69) is 0 Å². The van der Waals surface area contributed by atoms with Gasteiger partial charge in [0.2, 0.25) is 5.78 Å². The zero-order chi connectivity index (χ0) is 12.4. The molecule has 17 heavy (non-hydrogen) atoms. The topological polar surface area (TPSA) is 52.3 Å². The Labute approximate surface area is 108 Å². The predicted molar refractivity (Wildman–Crippen MR) is 70.2 cm³/mol. The van der Waals surface area contributed by atoms with E-state index in [1.54, 1.807) is 29.6 Å². The smallest absolute Gasteiger partial charge is 0.206 e. The van der Waals surface area contributed by atoms with Crippen molar-refractivity contribution in [2.45, 2.75) is 0 Å². The zero-order valence-corrected chi connectivity index (χ0v) is 10.6. The lowest BCUT2D eigenvalue weighted by atomic mass is 10.1. The molecule has 0 amide bonds. The van der Waals surface area contributed by atoms with Crippen LogP contribution in [-0.4, -0.2) is 12.9 Å². The minimum atomic E-state index is -0.179. The van der Waals surface area contributed by atoms with Crippen LogP contribution in [0.1, 0.15) is 15.2 Å². The summed E-state index contributed by atoms with van der Waals surface area (Å²) in [5.41, 5.74) is 6.61. The van der Waals surface area contributed by atoms with Gasteiger partial charge in [-0.3, -0.25) is 4.79 Å². The summed E-state index contributed by atoms with van der Waals surface area (Å²) in [6, 6.07) is 6.67. The van der Waals surface area contributed by atoms with Crippen molar-refractivity contribution in [2.24, 2.45) is 0 Å². The Balaban J connectivity index is 2.47. The van der Waals surface area contributed by atoms with Crippen LogP contribution in [0, 0.1) is 0 Å². The number of ether oxygens (including phenoxy) is 1. The van der Waals surface area contributed by atoms with E-state index >= 15 is 0 Å². The Bertz CT molecular complexity index is 565. The standard InChI is InChI=1S/C12H10ClNO2S/c1-16-7-2-3-10(14)8(6-7)11(15)12-9(13)4-5-17-12/h2-6H,14H2,1H3. The van der Waals surface area contributed by atoms with E-state index in [-0.39, 0.29) is 5.78 Å². The average molecular weight is 268 g/mol. The highest BCUT2D eigenvalue weighted by atomic mass is 35.5. The number of carbonyl (C=O) groups is 1. The molecule has 0 saturated heterocycles. The lowest BCUT2D eigenvalue weighted by molar-refractivity contribution is 0.104. The van der Waals surface area contributed by atoms with Gasteiger partial charge in [0.05, 0.1) is 22.6 Å². The molecule has 0 saturated carbocycles. The number of carbonyl (C=O) groups excluding carboxylic acids is 1. The van der Waals surface area contributed by atoms with E-state index in [1.807, 2.05) is 0 Å². The third-order valence-electron chi connectivity index (χ3n) is 2.33. The van der Waals surface area contributed by atoms with Gasteiger partial charge in [0, 0.05) is 5.69 Å². The maximum Gasteiger partial charge on any atom is 0.206 e. The molecule has 0 aliphatic carbocycles. The number of benzene rings is 1. The van der Waals surface area contributed by atoms with E-state index in [4.69, 9.17) is 22.1 Å². The lowest BCUT2D eigenvalue weighted by Crippen LogP contribution is -2.04. The zero-order valence-electron chi connectivity index (χ0n) is 9.07. The monoisotopic (exact) mass is 267 g/mol. The molecule has 0 atom stereocenters. The molecular formula is C12H10ClNO2S. The largest absolute Gasteiger partial charge is 0.497 e. The third-order valence-corrected chi connectivity index (χ3v) is 3.67. The maximum absolute atomic E-state index is 12.2. The van der Waals surface area contributed by atoms with Crippen molar-refractivity contribution in [2.75, 3.05) is 12.8 Å². The van der Waals surface area contributed by atoms with E-state index in [1.165, 1.54) is 18.4 Å². The molecule has 2 rings (SSSR count). The van der Waals surface area contributed by atoms with Crippen LogP contribution in [0.2, 0.25) is 5.02 Å². The molecule has 0 fully saturated rings. The Morgan fingerprint density at radius 3 is 2.76 bits per heavy atom. The van der Waals surface area contributed by atoms with Crippen molar-refractivity contribution < 1.29 is 9.53 Å². The number of rotatable bonds is 3. The van der Waals surface area contributed by atoms with Gasteiger partial charge in [-0.25, -0.2) is 0 Å². The number of methoxy groups -OCH3 is 1. The van der Waals surface area contributed by atoms with Crippen molar-refractivity contribution in [1.29, 1.82) is 0 Å². The highest BCUT2D eigenvalue weighted by Crippen LogP contribution is 2.28. The van der Waals surface area contributed by atoms with Gasteiger partial charge in [0.25, 0.3) is 0 Å². The van der Waals surface area contributed by atoms with Gasteiger partial charge >= 0.3 is 0 Å². The fraction of sp³-hybridized carbons (Fsp3) is 0.0833. The SMILES string of the molecule is COc1ccc(N)c(C(=O)c2sccc2Cl)c1. The molecule has 3 nitrogen and oxygen atoms in total. The molecule has 0 aliphatic rings. The summed E-state index contributed by atoms with van der Waals surface area (Å²) >= 11 is 7.22. The number of ketones is 1. The predicted octanol–water partition coefficient (Wildman–Crippen LogP) is 3.22. The summed E-state index contributed by atoms with van der Waals surface area (Å²) < 4.78 is 5.07. The molecule has 0 spiro atoms. The number of thiophene rings is 1. The molecule has 0 unspecified atom stereocenters. The van der Waals surface area contributed by atoms with Crippen LogP contribution in [0.3, 0.4) is 0 Å². The second-order valence-corrected chi connectivity index (χ2v) is 4.70. The number of hydrogen-bond donors (Lipinski definition) is 1. The Morgan fingerprint density at radius 2 is 2.18 bits per heavy atom. The van der Waals surface area contributed by atoms with Crippen molar-refractivity contribution >= 4 is 34.4 Å². The number of hydrogen-bond acceptors (Lipinski definition) is 4.